The van der Waals surface area contributed by atoms with Crippen LogP contribution in [0.3, 0.4) is 0 Å². The topological polar surface area (TPSA) is 68.1 Å². The molecule has 1 fully saturated rings. The highest BCUT2D eigenvalue weighted by Crippen LogP contribution is 2.30. The molecule has 0 aliphatic heterocycles. The van der Waals surface area contributed by atoms with Gasteiger partial charge in [-0.3, -0.25) is 10.1 Å². The van der Waals surface area contributed by atoms with Crippen molar-refractivity contribution in [3.63, 3.8) is 0 Å². The zero-order chi connectivity index (χ0) is 12.3. The number of hydrogen-bond donors (Lipinski definition) is 1. The van der Waals surface area contributed by atoms with Gasteiger partial charge in [0.2, 0.25) is 5.82 Å². The molecule has 0 bridgehead atoms. The standard InChI is InChI=1S/C11H15N3O2S/c1-2-17-10-7-6-9(14(15)16)11(13-10)12-8-4-3-5-8/h6-8H,2-5H2,1H3,(H,12,13). The molecular weight excluding hydrogens is 238 g/mol. The van der Waals surface area contributed by atoms with E-state index in [0.29, 0.717) is 11.9 Å². The Bertz CT molecular complexity index is 421. The van der Waals surface area contributed by atoms with Crippen molar-refractivity contribution in [2.75, 3.05) is 11.1 Å². The molecule has 0 atom stereocenters. The molecule has 6 heteroatoms. The van der Waals surface area contributed by atoms with Crippen LogP contribution in [-0.4, -0.2) is 21.7 Å². The Morgan fingerprint density at radius 3 is 2.88 bits per heavy atom. The predicted molar refractivity (Wildman–Crippen MR) is 68.6 cm³/mol. The third-order valence-electron chi connectivity index (χ3n) is 2.78. The van der Waals surface area contributed by atoms with Gasteiger partial charge in [-0.1, -0.05) is 6.92 Å². The predicted octanol–water partition coefficient (Wildman–Crippen LogP) is 3.07. The smallest absolute Gasteiger partial charge is 0.311 e. The summed E-state index contributed by atoms with van der Waals surface area (Å²) in [5.74, 6) is 1.33. The van der Waals surface area contributed by atoms with E-state index in [4.69, 9.17) is 0 Å². The number of pyridine rings is 1. The summed E-state index contributed by atoms with van der Waals surface area (Å²) in [6.07, 6.45) is 3.34. The average molecular weight is 253 g/mol. The average Bonchev–Trinajstić information content (AvgIpc) is 2.24. The minimum atomic E-state index is -0.381. The van der Waals surface area contributed by atoms with E-state index in [1.165, 1.54) is 12.5 Å². The van der Waals surface area contributed by atoms with Crippen LogP contribution in [0, 0.1) is 10.1 Å². The van der Waals surface area contributed by atoms with Crippen LogP contribution in [0.1, 0.15) is 26.2 Å². The SMILES string of the molecule is CCSc1ccc([N+](=O)[O-])c(NC2CCC2)n1. The number of nitrogens with zero attached hydrogens (tertiary/aromatic N) is 2. The second-order valence-electron chi connectivity index (χ2n) is 3.98. The van der Waals surface area contributed by atoms with Gasteiger partial charge < -0.3 is 5.32 Å². The lowest BCUT2D eigenvalue weighted by Gasteiger charge is -2.26. The molecule has 1 N–H and O–H groups in total. The van der Waals surface area contributed by atoms with E-state index in [2.05, 4.69) is 10.3 Å². The van der Waals surface area contributed by atoms with Crippen molar-refractivity contribution in [2.45, 2.75) is 37.3 Å². The fourth-order valence-corrected chi connectivity index (χ4v) is 2.28. The summed E-state index contributed by atoms with van der Waals surface area (Å²) in [6.45, 7) is 2.03. The Labute approximate surface area is 104 Å². The third-order valence-corrected chi connectivity index (χ3v) is 3.60. The quantitative estimate of drug-likeness (QED) is 0.496. The Hall–Kier alpha value is -1.30. The van der Waals surface area contributed by atoms with Crippen LogP contribution in [0.2, 0.25) is 0 Å². The van der Waals surface area contributed by atoms with Crippen molar-refractivity contribution in [2.24, 2.45) is 0 Å². The van der Waals surface area contributed by atoms with Crippen LogP contribution in [0.4, 0.5) is 11.5 Å². The van der Waals surface area contributed by atoms with Gasteiger partial charge in [0.15, 0.2) is 0 Å². The maximum atomic E-state index is 10.9. The normalized spacial score (nSPS) is 15.4. The number of nitrogens with one attached hydrogen (secondary N) is 1. The first kappa shape index (κ1) is 12.2. The Balaban J connectivity index is 2.22. The first-order chi connectivity index (χ1) is 8.20. The highest BCUT2D eigenvalue weighted by molar-refractivity contribution is 7.99. The minimum absolute atomic E-state index is 0.0670. The summed E-state index contributed by atoms with van der Waals surface area (Å²) in [4.78, 5) is 14.8. The molecule has 0 radical (unpaired) electrons. The fourth-order valence-electron chi connectivity index (χ4n) is 1.66. The Morgan fingerprint density at radius 2 is 2.35 bits per heavy atom. The molecule has 0 saturated heterocycles. The highest BCUT2D eigenvalue weighted by atomic mass is 32.2. The molecular formula is C11H15N3O2S. The van der Waals surface area contributed by atoms with Gasteiger partial charge in [0.25, 0.3) is 0 Å². The monoisotopic (exact) mass is 253 g/mol. The molecule has 2 rings (SSSR count). The van der Waals surface area contributed by atoms with E-state index in [9.17, 15) is 10.1 Å². The number of aromatic nitrogens is 1. The van der Waals surface area contributed by atoms with Crippen LogP contribution >= 0.6 is 11.8 Å². The summed E-state index contributed by atoms with van der Waals surface area (Å²) < 4.78 is 0. The van der Waals surface area contributed by atoms with Gasteiger partial charge in [-0.2, -0.15) is 0 Å². The van der Waals surface area contributed by atoms with Crippen LogP contribution < -0.4 is 5.32 Å². The number of hydrogen-bond acceptors (Lipinski definition) is 5. The largest absolute Gasteiger partial charge is 0.362 e. The summed E-state index contributed by atoms with van der Waals surface area (Å²) in [5.41, 5.74) is 0.0670. The van der Waals surface area contributed by atoms with Gasteiger partial charge in [0.1, 0.15) is 0 Å². The van der Waals surface area contributed by atoms with Crippen molar-refractivity contribution in [1.29, 1.82) is 0 Å². The van der Waals surface area contributed by atoms with Crippen molar-refractivity contribution in [3.05, 3.63) is 22.2 Å². The fraction of sp³-hybridized carbons (Fsp3) is 0.545. The summed E-state index contributed by atoms with van der Waals surface area (Å²) in [5, 5.41) is 14.9. The summed E-state index contributed by atoms with van der Waals surface area (Å²) in [7, 11) is 0. The van der Waals surface area contributed by atoms with Crippen LogP contribution in [0.15, 0.2) is 17.2 Å². The first-order valence-electron chi connectivity index (χ1n) is 5.75. The minimum Gasteiger partial charge on any atom is -0.362 e. The van der Waals surface area contributed by atoms with Gasteiger partial charge >= 0.3 is 5.69 Å². The number of thioether (sulfide) groups is 1. The van der Waals surface area contributed by atoms with E-state index < -0.39 is 0 Å². The molecule has 0 unspecified atom stereocenters. The second kappa shape index (κ2) is 5.35. The lowest BCUT2D eigenvalue weighted by molar-refractivity contribution is -0.384. The molecule has 1 aliphatic carbocycles. The highest BCUT2D eigenvalue weighted by Gasteiger charge is 2.23. The van der Waals surface area contributed by atoms with E-state index in [0.717, 1.165) is 23.6 Å². The van der Waals surface area contributed by atoms with E-state index in [1.807, 2.05) is 6.92 Å². The maximum absolute atomic E-state index is 10.9. The van der Waals surface area contributed by atoms with Gasteiger partial charge in [-0.15, -0.1) is 11.8 Å². The van der Waals surface area contributed by atoms with Crippen LogP contribution in [-0.2, 0) is 0 Å². The van der Waals surface area contributed by atoms with Crippen LogP contribution in [0.25, 0.3) is 0 Å². The maximum Gasteiger partial charge on any atom is 0.311 e. The van der Waals surface area contributed by atoms with Crippen molar-refractivity contribution in [3.8, 4) is 0 Å². The van der Waals surface area contributed by atoms with Gasteiger partial charge in [-0.05, 0) is 31.1 Å². The molecule has 1 aromatic heterocycles. The summed E-state index contributed by atoms with van der Waals surface area (Å²) >= 11 is 1.59. The molecule has 1 aromatic rings. The van der Waals surface area contributed by atoms with Crippen molar-refractivity contribution >= 4 is 23.3 Å². The van der Waals surface area contributed by atoms with Crippen LogP contribution in [0.5, 0.6) is 0 Å². The molecule has 0 aromatic carbocycles. The third kappa shape index (κ3) is 2.88. The molecule has 92 valence electrons. The molecule has 0 spiro atoms. The van der Waals surface area contributed by atoms with Gasteiger partial charge in [-0.25, -0.2) is 4.98 Å². The Morgan fingerprint density at radius 1 is 1.59 bits per heavy atom. The summed E-state index contributed by atoms with van der Waals surface area (Å²) in [6, 6.07) is 3.59. The number of rotatable bonds is 5. The molecule has 0 amide bonds. The molecule has 17 heavy (non-hydrogen) atoms. The lowest BCUT2D eigenvalue weighted by atomic mass is 9.93. The number of nitro groups is 1. The second-order valence-corrected chi connectivity index (χ2v) is 5.26. The molecule has 5 nitrogen and oxygen atoms in total. The van der Waals surface area contributed by atoms with Crippen molar-refractivity contribution < 1.29 is 4.92 Å². The van der Waals surface area contributed by atoms with Crippen molar-refractivity contribution in [1.82, 2.24) is 4.98 Å². The first-order valence-corrected chi connectivity index (χ1v) is 6.74. The van der Waals surface area contributed by atoms with E-state index in [-0.39, 0.29) is 10.6 Å². The zero-order valence-corrected chi connectivity index (χ0v) is 10.5. The lowest BCUT2D eigenvalue weighted by Crippen LogP contribution is -2.27. The zero-order valence-electron chi connectivity index (χ0n) is 9.68. The van der Waals surface area contributed by atoms with Gasteiger partial charge in [0.05, 0.1) is 9.95 Å². The number of anilines is 1. The Kier molecular flexibility index (Phi) is 3.83. The van der Waals surface area contributed by atoms with Gasteiger partial charge in [0, 0.05) is 12.1 Å². The molecule has 1 heterocycles. The van der Waals surface area contributed by atoms with E-state index in [1.54, 1.807) is 17.8 Å². The molecule has 1 aliphatic rings. The molecule has 1 saturated carbocycles. The van der Waals surface area contributed by atoms with E-state index >= 15 is 0 Å².